The lowest BCUT2D eigenvalue weighted by molar-refractivity contribution is -0.194. The normalized spacial score (nSPS) is 35.0. The molecule has 1 aliphatic carbocycles. The van der Waals surface area contributed by atoms with Gasteiger partial charge in [0.05, 0.1) is 11.9 Å². The second kappa shape index (κ2) is 7.34. The van der Waals surface area contributed by atoms with Crippen LogP contribution in [0, 0.1) is 0 Å². The number of fused-ring (bicyclic) bond motifs is 1. The van der Waals surface area contributed by atoms with Crippen molar-refractivity contribution in [2.45, 2.75) is 67.4 Å². The molecule has 4 rings (SSSR count). The van der Waals surface area contributed by atoms with Crippen molar-refractivity contribution in [1.29, 1.82) is 0 Å². The largest absolute Gasteiger partial charge is 0.355 e. The molecule has 1 saturated carbocycles. The van der Waals surface area contributed by atoms with Crippen LogP contribution in [-0.4, -0.2) is 43.3 Å². The fraction of sp³-hybridized carbons (Fsp3) is 0.684. The van der Waals surface area contributed by atoms with Gasteiger partial charge in [0.15, 0.2) is 12.1 Å². The van der Waals surface area contributed by atoms with E-state index in [0.29, 0.717) is 6.61 Å². The average molecular weight is 350 g/mol. The zero-order valence-electron chi connectivity index (χ0n) is 14.2. The summed E-state index contributed by atoms with van der Waals surface area (Å²) >= 11 is 1.85. The van der Waals surface area contributed by atoms with Gasteiger partial charge in [-0.15, -0.1) is 11.8 Å². The Morgan fingerprint density at radius 2 is 1.92 bits per heavy atom. The molecule has 3 fully saturated rings. The van der Waals surface area contributed by atoms with Crippen molar-refractivity contribution in [3.05, 3.63) is 35.9 Å². The summed E-state index contributed by atoms with van der Waals surface area (Å²) in [6, 6.07) is 10.5. The summed E-state index contributed by atoms with van der Waals surface area (Å²) in [5, 5.41) is 0.134. The first-order valence-corrected chi connectivity index (χ1v) is 10.0. The third kappa shape index (κ3) is 3.37. The highest BCUT2D eigenvalue weighted by atomic mass is 32.2. The van der Waals surface area contributed by atoms with E-state index >= 15 is 0 Å². The molecule has 1 spiro atoms. The molecule has 0 unspecified atom stereocenters. The standard InChI is InChI=1S/C19H26O4S/c1-20-18-17(24-13-14-8-4-2-5-9-14)16-15(12-21-18)22-19(23-16)10-6-3-7-11-19/h2,4-5,8-9,15-18H,3,6-7,10-13H2,1H3/t15-,16+,17+,18-/m1/s1. The maximum Gasteiger partial charge on any atom is 0.171 e. The van der Waals surface area contributed by atoms with Crippen LogP contribution < -0.4 is 0 Å². The molecule has 2 saturated heterocycles. The highest BCUT2D eigenvalue weighted by Gasteiger charge is 2.54. The highest BCUT2D eigenvalue weighted by Crippen LogP contribution is 2.46. The van der Waals surface area contributed by atoms with Gasteiger partial charge in [0.25, 0.3) is 0 Å². The molecule has 5 heteroatoms. The molecule has 4 nitrogen and oxygen atoms in total. The zero-order valence-corrected chi connectivity index (χ0v) is 15.0. The average Bonchev–Trinajstić information content (AvgIpc) is 2.98. The Hall–Kier alpha value is -0.590. The number of rotatable bonds is 4. The van der Waals surface area contributed by atoms with Gasteiger partial charge < -0.3 is 18.9 Å². The SMILES string of the molecule is CO[C@@H]1OC[C@H]2OC3(CCCCC3)O[C@@H]2[C@@H]1SCc1ccccc1. The summed E-state index contributed by atoms with van der Waals surface area (Å²) in [6.45, 7) is 0.563. The molecule has 1 aromatic rings. The molecule has 2 aliphatic heterocycles. The Morgan fingerprint density at radius 1 is 1.12 bits per heavy atom. The predicted octanol–water partition coefficient (Wildman–Crippen LogP) is 3.74. The van der Waals surface area contributed by atoms with E-state index in [0.717, 1.165) is 18.6 Å². The Balaban J connectivity index is 1.47. The first-order valence-electron chi connectivity index (χ1n) is 8.95. The van der Waals surface area contributed by atoms with Crippen LogP contribution in [0.15, 0.2) is 30.3 Å². The number of thioether (sulfide) groups is 1. The Morgan fingerprint density at radius 3 is 2.67 bits per heavy atom. The zero-order chi connectivity index (χ0) is 16.4. The van der Waals surface area contributed by atoms with E-state index < -0.39 is 0 Å². The number of hydrogen-bond acceptors (Lipinski definition) is 5. The summed E-state index contributed by atoms with van der Waals surface area (Å²) in [7, 11) is 1.72. The van der Waals surface area contributed by atoms with E-state index in [1.54, 1.807) is 7.11 Å². The molecule has 0 bridgehead atoms. The van der Waals surface area contributed by atoms with Gasteiger partial charge in [0.2, 0.25) is 0 Å². The monoisotopic (exact) mass is 350 g/mol. The van der Waals surface area contributed by atoms with Crippen molar-refractivity contribution in [3.63, 3.8) is 0 Å². The lowest BCUT2D eigenvalue weighted by Crippen LogP contribution is -2.50. The minimum atomic E-state index is -0.370. The van der Waals surface area contributed by atoms with Gasteiger partial charge in [-0.1, -0.05) is 36.8 Å². The van der Waals surface area contributed by atoms with E-state index in [1.807, 2.05) is 17.8 Å². The number of methoxy groups -OCH3 is 1. The first kappa shape index (κ1) is 16.9. The van der Waals surface area contributed by atoms with Gasteiger partial charge in [0.1, 0.15) is 12.2 Å². The first-order chi connectivity index (χ1) is 11.8. The lowest BCUT2D eigenvalue weighted by atomic mass is 9.94. The molecule has 0 N–H and O–H groups in total. The lowest BCUT2D eigenvalue weighted by Gasteiger charge is -2.36. The molecule has 0 amide bonds. The quantitative estimate of drug-likeness (QED) is 0.827. The molecular formula is C19H26O4S. The van der Waals surface area contributed by atoms with Gasteiger partial charge >= 0.3 is 0 Å². The van der Waals surface area contributed by atoms with Crippen molar-refractivity contribution < 1.29 is 18.9 Å². The summed E-state index contributed by atoms with van der Waals surface area (Å²) in [4.78, 5) is 0. The van der Waals surface area contributed by atoms with E-state index in [2.05, 4.69) is 24.3 Å². The van der Waals surface area contributed by atoms with E-state index in [9.17, 15) is 0 Å². The van der Waals surface area contributed by atoms with Crippen LogP contribution >= 0.6 is 11.8 Å². The van der Waals surface area contributed by atoms with Gasteiger partial charge in [-0.2, -0.15) is 0 Å². The molecule has 1 aromatic carbocycles. The fourth-order valence-electron chi connectivity index (χ4n) is 4.01. The fourth-order valence-corrected chi connectivity index (χ4v) is 5.35. The second-order valence-corrected chi connectivity index (χ2v) is 8.08. The van der Waals surface area contributed by atoms with Crippen LogP contribution in [0.25, 0.3) is 0 Å². The minimum absolute atomic E-state index is 0.0303. The van der Waals surface area contributed by atoms with Crippen molar-refractivity contribution in [2.75, 3.05) is 13.7 Å². The second-order valence-electron chi connectivity index (χ2n) is 6.91. The van der Waals surface area contributed by atoms with Crippen LogP contribution in [0.4, 0.5) is 0 Å². The summed E-state index contributed by atoms with van der Waals surface area (Å²) in [6.07, 6.45) is 5.53. The predicted molar refractivity (Wildman–Crippen MR) is 93.8 cm³/mol. The van der Waals surface area contributed by atoms with Gasteiger partial charge in [-0.3, -0.25) is 0 Å². The van der Waals surface area contributed by atoms with Crippen LogP contribution in [0.3, 0.4) is 0 Å². The van der Waals surface area contributed by atoms with Gasteiger partial charge in [-0.05, 0) is 18.4 Å². The van der Waals surface area contributed by atoms with Crippen molar-refractivity contribution in [1.82, 2.24) is 0 Å². The third-order valence-electron chi connectivity index (χ3n) is 5.23. The third-order valence-corrected chi connectivity index (χ3v) is 6.61. The number of ether oxygens (including phenoxy) is 4. The van der Waals surface area contributed by atoms with Crippen LogP contribution in [0.2, 0.25) is 0 Å². The molecule has 132 valence electrons. The van der Waals surface area contributed by atoms with Gasteiger partial charge in [0, 0.05) is 25.7 Å². The van der Waals surface area contributed by atoms with Crippen molar-refractivity contribution in [2.24, 2.45) is 0 Å². The van der Waals surface area contributed by atoms with Gasteiger partial charge in [-0.25, -0.2) is 0 Å². The number of hydrogen-bond donors (Lipinski definition) is 0. The molecule has 2 heterocycles. The minimum Gasteiger partial charge on any atom is -0.355 e. The van der Waals surface area contributed by atoms with Crippen LogP contribution in [0.5, 0.6) is 0 Å². The number of benzene rings is 1. The molecule has 3 aliphatic rings. The summed E-state index contributed by atoms with van der Waals surface area (Å²) in [5.41, 5.74) is 1.31. The van der Waals surface area contributed by atoms with Crippen LogP contribution in [-0.2, 0) is 24.7 Å². The Labute approximate surface area is 148 Å². The van der Waals surface area contributed by atoms with Crippen molar-refractivity contribution >= 4 is 11.8 Å². The van der Waals surface area contributed by atoms with E-state index in [-0.39, 0.29) is 29.5 Å². The van der Waals surface area contributed by atoms with Crippen molar-refractivity contribution in [3.8, 4) is 0 Å². The Bertz CT molecular complexity index is 531. The Kier molecular flexibility index (Phi) is 5.16. The molecule has 24 heavy (non-hydrogen) atoms. The van der Waals surface area contributed by atoms with E-state index in [4.69, 9.17) is 18.9 Å². The maximum absolute atomic E-state index is 6.52. The molecule has 0 radical (unpaired) electrons. The highest BCUT2D eigenvalue weighted by molar-refractivity contribution is 7.99. The molecule has 4 atom stereocenters. The maximum atomic E-state index is 6.52. The summed E-state index contributed by atoms with van der Waals surface area (Å²) in [5.74, 6) is 0.555. The smallest absolute Gasteiger partial charge is 0.171 e. The van der Waals surface area contributed by atoms with E-state index in [1.165, 1.54) is 24.8 Å². The molecular weight excluding hydrogens is 324 g/mol. The topological polar surface area (TPSA) is 36.9 Å². The molecule has 0 aromatic heterocycles. The summed E-state index contributed by atoms with van der Waals surface area (Å²) < 4.78 is 24.4. The van der Waals surface area contributed by atoms with Crippen LogP contribution in [0.1, 0.15) is 37.7 Å².